The van der Waals surface area contributed by atoms with Gasteiger partial charge in [-0.3, -0.25) is 9.78 Å². The Morgan fingerprint density at radius 1 is 1.67 bits per heavy atom. The maximum atomic E-state index is 11.2. The standard InChI is InChI=1S/C10H13BrN2O2/c1-3-15-10(14)7-13(2)9-4-5-12-6-8(9)11/h4-6H,3,7H2,1-2H3. The van der Waals surface area contributed by atoms with Crippen molar-refractivity contribution in [2.75, 3.05) is 25.1 Å². The third-order valence-corrected chi connectivity index (χ3v) is 2.44. The number of nitrogens with zero attached hydrogens (tertiary/aromatic N) is 2. The Kier molecular flexibility index (Phi) is 4.55. The number of esters is 1. The minimum Gasteiger partial charge on any atom is -0.465 e. The van der Waals surface area contributed by atoms with E-state index < -0.39 is 0 Å². The summed E-state index contributed by atoms with van der Waals surface area (Å²) >= 11 is 3.37. The van der Waals surface area contributed by atoms with Gasteiger partial charge in [-0.25, -0.2) is 0 Å². The number of anilines is 1. The summed E-state index contributed by atoms with van der Waals surface area (Å²) in [5, 5.41) is 0. The Labute approximate surface area is 97.4 Å². The molecule has 0 N–H and O–H groups in total. The molecular weight excluding hydrogens is 260 g/mol. The number of likely N-dealkylation sites (N-methyl/N-ethyl adjacent to an activating group) is 1. The smallest absolute Gasteiger partial charge is 0.325 e. The summed E-state index contributed by atoms with van der Waals surface area (Å²) in [6.45, 7) is 2.43. The molecule has 0 spiro atoms. The van der Waals surface area contributed by atoms with Gasteiger partial charge in [0.25, 0.3) is 0 Å². The van der Waals surface area contributed by atoms with Crippen LogP contribution in [0.15, 0.2) is 22.9 Å². The topological polar surface area (TPSA) is 42.4 Å². The Hall–Kier alpha value is -1.10. The molecule has 1 heterocycles. The highest BCUT2D eigenvalue weighted by Crippen LogP contribution is 2.23. The second-order valence-electron chi connectivity index (χ2n) is 2.99. The monoisotopic (exact) mass is 272 g/mol. The first kappa shape index (κ1) is 12.0. The van der Waals surface area contributed by atoms with Gasteiger partial charge >= 0.3 is 5.97 Å². The molecule has 0 atom stereocenters. The van der Waals surface area contributed by atoms with Gasteiger partial charge in [0.05, 0.1) is 16.8 Å². The number of pyridine rings is 1. The zero-order chi connectivity index (χ0) is 11.3. The van der Waals surface area contributed by atoms with Crippen molar-refractivity contribution in [3.63, 3.8) is 0 Å². The number of halogens is 1. The average Bonchev–Trinajstić information content (AvgIpc) is 2.18. The van der Waals surface area contributed by atoms with E-state index in [-0.39, 0.29) is 12.5 Å². The van der Waals surface area contributed by atoms with Crippen molar-refractivity contribution in [1.82, 2.24) is 4.98 Å². The highest BCUT2D eigenvalue weighted by molar-refractivity contribution is 9.10. The van der Waals surface area contributed by atoms with E-state index in [9.17, 15) is 4.79 Å². The summed E-state index contributed by atoms with van der Waals surface area (Å²) in [4.78, 5) is 17.0. The Morgan fingerprint density at radius 3 is 3.00 bits per heavy atom. The number of carbonyl (C=O) groups excluding carboxylic acids is 1. The van der Waals surface area contributed by atoms with E-state index >= 15 is 0 Å². The molecule has 0 aromatic carbocycles. The summed E-state index contributed by atoms with van der Waals surface area (Å²) in [6.07, 6.45) is 3.37. The van der Waals surface area contributed by atoms with Gasteiger partial charge < -0.3 is 9.64 Å². The van der Waals surface area contributed by atoms with E-state index in [1.165, 1.54) is 0 Å². The Balaban J connectivity index is 2.65. The van der Waals surface area contributed by atoms with E-state index in [0.717, 1.165) is 10.2 Å². The van der Waals surface area contributed by atoms with Crippen molar-refractivity contribution in [2.45, 2.75) is 6.92 Å². The molecule has 0 radical (unpaired) electrons. The molecule has 0 saturated heterocycles. The van der Waals surface area contributed by atoms with Gasteiger partial charge in [0.15, 0.2) is 0 Å². The number of hydrogen-bond acceptors (Lipinski definition) is 4. The molecule has 0 fully saturated rings. The maximum absolute atomic E-state index is 11.2. The summed E-state index contributed by atoms with van der Waals surface area (Å²) in [5.41, 5.74) is 0.915. The number of aromatic nitrogens is 1. The molecular formula is C10H13BrN2O2. The van der Waals surface area contributed by atoms with Gasteiger partial charge in [-0.1, -0.05) is 0 Å². The zero-order valence-electron chi connectivity index (χ0n) is 8.74. The largest absolute Gasteiger partial charge is 0.465 e. The van der Waals surface area contributed by atoms with Crippen molar-refractivity contribution in [2.24, 2.45) is 0 Å². The van der Waals surface area contributed by atoms with Gasteiger partial charge in [0.2, 0.25) is 0 Å². The van der Waals surface area contributed by atoms with E-state index in [2.05, 4.69) is 20.9 Å². The van der Waals surface area contributed by atoms with Crippen LogP contribution in [0.1, 0.15) is 6.92 Å². The summed E-state index contributed by atoms with van der Waals surface area (Å²) in [6, 6.07) is 1.84. The summed E-state index contributed by atoms with van der Waals surface area (Å²) < 4.78 is 5.72. The minimum absolute atomic E-state index is 0.233. The van der Waals surface area contributed by atoms with Gasteiger partial charge in [-0.2, -0.15) is 0 Å². The van der Waals surface area contributed by atoms with Gasteiger partial charge in [0, 0.05) is 19.4 Å². The van der Waals surface area contributed by atoms with Crippen LogP contribution in [-0.4, -0.2) is 31.2 Å². The van der Waals surface area contributed by atoms with Crippen LogP contribution in [0.25, 0.3) is 0 Å². The number of carbonyl (C=O) groups is 1. The normalized spacial score (nSPS) is 9.80. The molecule has 4 nitrogen and oxygen atoms in total. The highest BCUT2D eigenvalue weighted by Gasteiger charge is 2.10. The second-order valence-corrected chi connectivity index (χ2v) is 3.84. The lowest BCUT2D eigenvalue weighted by Gasteiger charge is -2.18. The predicted octanol–water partition coefficient (Wildman–Crippen LogP) is 1.84. The van der Waals surface area contributed by atoms with E-state index in [1.54, 1.807) is 19.3 Å². The van der Waals surface area contributed by atoms with Crippen LogP contribution < -0.4 is 4.90 Å². The second kappa shape index (κ2) is 5.70. The van der Waals surface area contributed by atoms with Crippen LogP contribution in [0.4, 0.5) is 5.69 Å². The number of hydrogen-bond donors (Lipinski definition) is 0. The summed E-state index contributed by atoms with van der Waals surface area (Å²) in [5.74, 6) is -0.233. The van der Waals surface area contributed by atoms with Crippen molar-refractivity contribution >= 4 is 27.6 Å². The Bertz CT molecular complexity index is 344. The van der Waals surface area contributed by atoms with Crippen LogP contribution in [-0.2, 0) is 9.53 Å². The van der Waals surface area contributed by atoms with E-state index in [1.807, 2.05) is 18.0 Å². The van der Waals surface area contributed by atoms with Crippen molar-refractivity contribution in [3.05, 3.63) is 22.9 Å². The molecule has 0 aliphatic rings. The first-order valence-electron chi connectivity index (χ1n) is 4.61. The van der Waals surface area contributed by atoms with Crippen LogP contribution >= 0.6 is 15.9 Å². The quantitative estimate of drug-likeness (QED) is 0.785. The molecule has 0 unspecified atom stereocenters. The molecule has 0 bridgehead atoms. The van der Waals surface area contributed by atoms with Crippen LogP contribution in [0.5, 0.6) is 0 Å². The zero-order valence-corrected chi connectivity index (χ0v) is 10.3. The molecule has 1 aromatic heterocycles. The predicted molar refractivity (Wildman–Crippen MR) is 61.8 cm³/mol. The molecule has 5 heteroatoms. The first-order valence-corrected chi connectivity index (χ1v) is 5.40. The van der Waals surface area contributed by atoms with E-state index in [4.69, 9.17) is 4.74 Å². The Morgan fingerprint density at radius 2 is 2.40 bits per heavy atom. The van der Waals surface area contributed by atoms with Gasteiger partial charge in [-0.15, -0.1) is 0 Å². The van der Waals surface area contributed by atoms with Crippen molar-refractivity contribution in [3.8, 4) is 0 Å². The number of rotatable bonds is 4. The van der Waals surface area contributed by atoms with Crippen LogP contribution in [0.3, 0.4) is 0 Å². The third-order valence-electron chi connectivity index (χ3n) is 1.83. The molecule has 82 valence electrons. The van der Waals surface area contributed by atoms with Crippen LogP contribution in [0, 0.1) is 0 Å². The minimum atomic E-state index is -0.233. The first-order chi connectivity index (χ1) is 7.15. The molecule has 15 heavy (non-hydrogen) atoms. The number of ether oxygens (including phenoxy) is 1. The molecule has 1 aromatic rings. The lowest BCUT2D eigenvalue weighted by atomic mass is 10.3. The third kappa shape index (κ3) is 3.51. The molecule has 0 aliphatic heterocycles. The molecule has 0 saturated carbocycles. The molecule has 1 rings (SSSR count). The van der Waals surface area contributed by atoms with Crippen LogP contribution in [0.2, 0.25) is 0 Å². The molecule has 0 aliphatic carbocycles. The van der Waals surface area contributed by atoms with Crippen molar-refractivity contribution < 1.29 is 9.53 Å². The molecule has 0 amide bonds. The fraction of sp³-hybridized carbons (Fsp3) is 0.400. The van der Waals surface area contributed by atoms with Gasteiger partial charge in [0.1, 0.15) is 6.54 Å². The van der Waals surface area contributed by atoms with E-state index in [0.29, 0.717) is 6.61 Å². The van der Waals surface area contributed by atoms with Gasteiger partial charge in [-0.05, 0) is 28.9 Å². The SMILES string of the molecule is CCOC(=O)CN(C)c1ccncc1Br. The average molecular weight is 273 g/mol. The summed E-state index contributed by atoms with van der Waals surface area (Å²) in [7, 11) is 1.83. The lowest BCUT2D eigenvalue weighted by Crippen LogP contribution is -2.27. The maximum Gasteiger partial charge on any atom is 0.325 e. The lowest BCUT2D eigenvalue weighted by molar-refractivity contribution is -0.141. The fourth-order valence-electron chi connectivity index (χ4n) is 1.16. The highest BCUT2D eigenvalue weighted by atomic mass is 79.9. The van der Waals surface area contributed by atoms with Crippen molar-refractivity contribution in [1.29, 1.82) is 0 Å². The fourth-order valence-corrected chi connectivity index (χ4v) is 1.72.